The van der Waals surface area contributed by atoms with Gasteiger partial charge in [-0.1, -0.05) is 11.5 Å². The Bertz CT molecular complexity index is 597. The molecule has 1 aromatic carbocycles. The fraction of sp³-hybridized carbons (Fsp3) is 0.250. The van der Waals surface area contributed by atoms with Crippen molar-refractivity contribution >= 4 is 12.4 Å². The van der Waals surface area contributed by atoms with Crippen LogP contribution in [0.5, 0.6) is 5.75 Å². The largest absolute Gasteiger partial charge is 0.513 e. The number of halogens is 4. The molecule has 20 heavy (non-hydrogen) atoms. The van der Waals surface area contributed by atoms with Crippen LogP contribution in [0.2, 0.25) is 0 Å². The van der Waals surface area contributed by atoms with E-state index in [0.29, 0.717) is 18.3 Å². The first-order valence-corrected chi connectivity index (χ1v) is 5.96. The minimum absolute atomic E-state index is 0.00648. The predicted octanol–water partition coefficient (Wildman–Crippen LogP) is 2.24. The second-order valence-electron chi connectivity index (χ2n) is 4.31. The molecule has 0 aliphatic carbocycles. The molecule has 0 atom stereocenters. The van der Waals surface area contributed by atoms with Crippen LogP contribution in [0.25, 0.3) is 0 Å². The minimum atomic E-state index is -5.24. The van der Waals surface area contributed by atoms with Gasteiger partial charge >= 0.3 is 6.98 Å². The van der Waals surface area contributed by atoms with Gasteiger partial charge < -0.3 is 22.3 Å². The van der Waals surface area contributed by atoms with Gasteiger partial charge in [0.15, 0.2) is 0 Å². The van der Waals surface area contributed by atoms with E-state index in [1.165, 1.54) is 0 Å². The average Bonchev–Trinajstić information content (AvgIpc) is 2.74. The van der Waals surface area contributed by atoms with Gasteiger partial charge in [-0.25, -0.2) is 9.37 Å². The maximum absolute atomic E-state index is 13.0. The Kier molecular flexibility index (Phi) is 4.01. The SMILES string of the molecule is Cn1ccnc1CCOc1cc(F)ccc1[B-](F)(F)F. The summed E-state index contributed by atoms with van der Waals surface area (Å²) in [5.74, 6) is -0.562. The quantitative estimate of drug-likeness (QED) is 0.623. The Balaban J connectivity index is 2.09. The van der Waals surface area contributed by atoms with Crippen LogP contribution >= 0.6 is 0 Å². The highest BCUT2D eigenvalue weighted by molar-refractivity contribution is 6.74. The third-order valence-corrected chi connectivity index (χ3v) is 2.83. The lowest BCUT2D eigenvalue weighted by molar-refractivity contribution is 0.316. The zero-order valence-electron chi connectivity index (χ0n) is 10.7. The molecule has 0 spiro atoms. The summed E-state index contributed by atoms with van der Waals surface area (Å²) >= 11 is 0. The van der Waals surface area contributed by atoms with Crippen molar-refractivity contribution < 1.29 is 22.1 Å². The number of ether oxygens (including phenoxy) is 1. The fourth-order valence-corrected chi connectivity index (χ4v) is 1.79. The van der Waals surface area contributed by atoms with Gasteiger partial charge in [-0.3, -0.25) is 0 Å². The van der Waals surface area contributed by atoms with Crippen molar-refractivity contribution in [3.63, 3.8) is 0 Å². The minimum Gasteiger partial charge on any atom is -0.496 e. The van der Waals surface area contributed by atoms with Gasteiger partial charge in [0.2, 0.25) is 0 Å². The molecule has 3 nitrogen and oxygen atoms in total. The van der Waals surface area contributed by atoms with Gasteiger partial charge in [0, 0.05) is 31.9 Å². The maximum atomic E-state index is 13.0. The summed E-state index contributed by atoms with van der Waals surface area (Å²) in [7, 11) is 1.77. The smallest absolute Gasteiger partial charge is 0.496 e. The summed E-state index contributed by atoms with van der Waals surface area (Å²) in [5, 5.41) is 0. The average molecular weight is 287 g/mol. The van der Waals surface area contributed by atoms with E-state index in [-0.39, 0.29) is 6.61 Å². The summed E-state index contributed by atoms with van der Waals surface area (Å²) in [5.41, 5.74) is -0.925. The summed E-state index contributed by atoms with van der Waals surface area (Å²) < 4.78 is 58.2. The molecule has 8 heteroatoms. The van der Waals surface area contributed by atoms with E-state index in [4.69, 9.17) is 4.74 Å². The lowest BCUT2D eigenvalue weighted by Gasteiger charge is -2.19. The molecule has 0 bridgehead atoms. The topological polar surface area (TPSA) is 27.1 Å². The number of rotatable bonds is 5. The Hall–Kier alpha value is -1.99. The van der Waals surface area contributed by atoms with Crippen LogP contribution < -0.4 is 10.2 Å². The third kappa shape index (κ3) is 3.31. The second kappa shape index (κ2) is 5.56. The lowest BCUT2D eigenvalue weighted by atomic mass is 9.79. The van der Waals surface area contributed by atoms with Crippen LogP contribution in [0.15, 0.2) is 30.6 Å². The maximum Gasteiger partial charge on any atom is 0.513 e. The number of nitrogens with zero attached hydrogens (tertiary/aromatic N) is 2. The van der Waals surface area contributed by atoms with Gasteiger partial charge in [-0.15, -0.1) is 0 Å². The Morgan fingerprint density at radius 3 is 2.65 bits per heavy atom. The molecule has 0 aliphatic heterocycles. The molecule has 1 aromatic heterocycles. The molecule has 0 amide bonds. The normalized spacial score (nSPS) is 11.7. The van der Waals surface area contributed by atoms with Crippen molar-refractivity contribution in [2.24, 2.45) is 7.05 Å². The van der Waals surface area contributed by atoms with Crippen LogP contribution in [-0.4, -0.2) is 23.1 Å². The Morgan fingerprint density at radius 2 is 2.05 bits per heavy atom. The molecule has 2 rings (SSSR count). The van der Waals surface area contributed by atoms with Gasteiger partial charge in [0.05, 0.1) is 12.4 Å². The first-order valence-electron chi connectivity index (χ1n) is 5.96. The summed E-state index contributed by atoms with van der Waals surface area (Å²) in [6.45, 7) is -5.24. The molecule has 0 radical (unpaired) electrons. The van der Waals surface area contributed by atoms with E-state index >= 15 is 0 Å². The number of hydrogen-bond acceptors (Lipinski definition) is 2. The van der Waals surface area contributed by atoms with Crippen molar-refractivity contribution in [1.82, 2.24) is 9.55 Å². The summed E-state index contributed by atoms with van der Waals surface area (Å²) in [6, 6.07) is 2.23. The van der Waals surface area contributed by atoms with Crippen molar-refractivity contribution in [3.8, 4) is 5.75 Å². The third-order valence-electron chi connectivity index (χ3n) is 2.83. The van der Waals surface area contributed by atoms with Gasteiger partial charge in [-0.05, 0) is 6.07 Å². The highest BCUT2D eigenvalue weighted by atomic mass is 19.4. The monoisotopic (exact) mass is 287 g/mol. The molecule has 108 valence electrons. The van der Waals surface area contributed by atoms with E-state index in [1.807, 2.05) is 0 Å². The Morgan fingerprint density at radius 1 is 1.30 bits per heavy atom. The Labute approximate surface area is 113 Å². The van der Waals surface area contributed by atoms with Crippen LogP contribution in [-0.2, 0) is 13.5 Å². The van der Waals surface area contributed by atoms with E-state index < -0.39 is 24.0 Å². The summed E-state index contributed by atoms with van der Waals surface area (Å²) in [6.07, 6.45) is 3.65. The standard InChI is InChI=1S/C12H12BF4N2O/c1-19-6-5-18-12(19)4-7-20-11-8-9(14)2-3-10(11)13(15,16)17/h2-3,5-6,8H,4,7H2,1H3/q-1. The van der Waals surface area contributed by atoms with Crippen molar-refractivity contribution in [2.45, 2.75) is 6.42 Å². The van der Waals surface area contributed by atoms with Crippen LogP contribution in [0.4, 0.5) is 17.3 Å². The zero-order chi connectivity index (χ0) is 14.8. The van der Waals surface area contributed by atoms with E-state index in [9.17, 15) is 17.3 Å². The van der Waals surface area contributed by atoms with Crippen molar-refractivity contribution in [1.29, 1.82) is 0 Å². The molecule has 0 fully saturated rings. The van der Waals surface area contributed by atoms with Gasteiger partial charge in [0.1, 0.15) is 11.6 Å². The number of hydrogen-bond donors (Lipinski definition) is 0. The molecular weight excluding hydrogens is 275 g/mol. The molecular formula is C12H12BF4N2O-. The van der Waals surface area contributed by atoms with E-state index in [1.54, 1.807) is 24.0 Å². The predicted molar refractivity (Wildman–Crippen MR) is 67.5 cm³/mol. The first kappa shape index (κ1) is 14.4. The van der Waals surface area contributed by atoms with E-state index in [0.717, 1.165) is 12.1 Å². The number of imidazole rings is 1. The van der Waals surface area contributed by atoms with Crippen LogP contribution in [0.1, 0.15) is 5.82 Å². The second-order valence-corrected chi connectivity index (χ2v) is 4.31. The molecule has 0 aliphatic rings. The van der Waals surface area contributed by atoms with Crippen molar-refractivity contribution in [3.05, 3.63) is 42.2 Å². The van der Waals surface area contributed by atoms with Crippen LogP contribution in [0, 0.1) is 5.82 Å². The lowest BCUT2D eigenvalue weighted by Crippen LogP contribution is -2.35. The highest BCUT2D eigenvalue weighted by Gasteiger charge is 2.29. The fourth-order valence-electron chi connectivity index (χ4n) is 1.79. The summed E-state index contributed by atoms with van der Waals surface area (Å²) in [4.78, 5) is 4.03. The number of aryl methyl sites for hydroxylation is 1. The number of aromatic nitrogens is 2. The highest BCUT2D eigenvalue weighted by Crippen LogP contribution is 2.19. The first-order chi connectivity index (χ1) is 9.38. The van der Waals surface area contributed by atoms with Gasteiger partial charge in [-0.2, -0.15) is 0 Å². The molecule has 2 aromatic rings. The molecule has 1 heterocycles. The number of benzene rings is 1. The van der Waals surface area contributed by atoms with Crippen molar-refractivity contribution in [2.75, 3.05) is 6.61 Å². The van der Waals surface area contributed by atoms with E-state index in [2.05, 4.69) is 4.98 Å². The molecule has 0 N–H and O–H groups in total. The molecule has 0 unspecified atom stereocenters. The molecule has 0 saturated heterocycles. The van der Waals surface area contributed by atoms with Gasteiger partial charge in [0.25, 0.3) is 0 Å². The zero-order valence-corrected chi connectivity index (χ0v) is 10.7. The van der Waals surface area contributed by atoms with Crippen LogP contribution in [0.3, 0.4) is 0 Å². The molecule has 0 saturated carbocycles.